The molecule has 0 unspecified atom stereocenters. The van der Waals surface area contributed by atoms with Crippen LogP contribution in [-0.2, 0) is 27.4 Å². The molecule has 0 bridgehead atoms. The molecule has 0 aliphatic heterocycles. The predicted octanol–water partition coefficient (Wildman–Crippen LogP) is 4.53. The van der Waals surface area contributed by atoms with Gasteiger partial charge in [0.05, 0.1) is 22.7 Å². The van der Waals surface area contributed by atoms with Gasteiger partial charge in [-0.15, -0.1) is 11.6 Å². The summed E-state index contributed by atoms with van der Waals surface area (Å²) in [5, 5.41) is 2.16. The molecule has 5 nitrogen and oxygen atoms in total. The summed E-state index contributed by atoms with van der Waals surface area (Å²) >= 11 is 5.65. The van der Waals surface area contributed by atoms with Crippen LogP contribution in [0, 0.1) is 0 Å². The summed E-state index contributed by atoms with van der Waals surface area (Å²) < 4.78 is 65.9. The van der Waals surface area contributed by atoms with Gasteiger partial charge in [-0.1, -0.05) is 31.2 Å². The number of sulfonamides is 1. The standard InChI is InChI=1S/C20H22ClF3N2O3S/c1-2-26(30(28,29)16-11-9-15(10-12-16)6-5-13-21)14-19(27)25-18-8-4-3-7-17(18)20(22,23)24/h3-4,7-12H,2,5-6,13-14H2,1H3,(H,25,27). The molecular formula is C20H22ClF3N2O3S. The molecule has 0 saturated heterocycles. The Bertz CT molecular complexity index is 964. The number of carbonyl (C=O) groups is 1. The number of likely N-dealkylation sites (N-methyl/N-ethyl adjacent to an activating group) is 1. The topological polar surface area (TPSA) is 66.5 Å². The Kier molecular flexibility index (Phi) is 8.28. The van der Waals surface area contributed by atoms with Gasteiger partial charge in [0, 0.05) is 12.4 Å². The highest BCUT2D eigenvalue weighted by atomic mass is 35.5. The van der Waals surface area contributed by atoms with Crippen LogP contribution in [-0.4, -0.2) is 37.6 Å². The summed E-state index contributed by atoms with van der Waals surface area (Å²) in [4.78, 5) is 12.3. The first-order valence-electron chi connectivity index (χ1n) is 9.20. The van der Waals surface area contributed by atoms with Crippen LogP contribution in [0.15, 0.2) is 53.4 Å². The average Bonchev–Trinajstić information content (AvgIpc) is 2.70. The highest BCUT2D eigenvalue weighted by Gasteiger charge is 2.34. The fraction of sp³-hybridized carbons (Fsp3) is 0.350. The summed E-state index contributed by atoms with van der Waals surface area (Å²) in [6.07, 6.45) is -3.18. The molecule has 0 fully saturated rings. The van der Waals surface area contributed by atoms with Gasteiger partial charge in [-0.3, -0.25) is 4.79 Å². The normalized spacial score (nSPS) is 12.2. The molecule has 2 rings (SSSR count). The molecule has 10 heteroatoms. The first-order chi connectivity index (χ1) is 14.1. The van der Waals surface area contributed by atoms with Crippen molar-refractivity contribution in [2.75, 3.05) is 24.3 Å². The minimum atomic E-state index is -4.65. The SMILES string of the molecule is CCN(CC(=O)Nc1ccccc1C(F)(F)F)S(=O)(=O)c1ccc(CCCCl)cc1. The number of alkyl halides is 4. The third-order valence-electron chi connectivity index (χ3n) is 4.34. The van der Waals surface area contributed by atoms with Crippen LogP contribution in [0.25, 0.3) is 0 Å². The Morgan fingerprint density at radius 2 is 1.73 bits per heavy atom. The lowest BCUT2D eigenvalue weighted by Gasteiger charge is -2.21. The van der Waals surface area contributed by atoms with E-state index in [9.17, 15) is 26.4 Å². The third-order valence-corrected chi connectivity index (χ3v) is 6.54. The van der Waals surface area contributed by atoms with Crippen LogP contribution in [0.4, 0.5) is 18.9 Å². The van der Waals surface area contributed by atoms with E-state index in [1.165, 1.54) is 24.3 Å². The van der Waals surface area contributed by atoms with Crippen molar-refractivity contribution in [1.29, 1.82) is 0 Å². The van der Waals surface area contributed by atoms with Crippen molar-refractivity contribution in [2.45, 2.75) is 30.8 Å². The number of nitrogens with zero attached hydrogens (tertiary/aromatic N) is 1. The Balaban J connectivity index is 2.15. The first kappa shape index (κ1) is 24.2. The molecule has 0 aliphatic carbocycles. The molecular weight excluding hydrogens is 441 g/mol. The molecule has 0 aromatic heterocycles. The second-order valence-corrected chi connectivity index (χ2v) is 8.78. The average molecular weight is 463 g/mol. The van der Waals surface area contributed by atoms with Gasteiger partial charge in [-0.25, -0.2) is 8.42 Å². The van der Waals surface area contributed by atoms with E-state index >= 15 is 0 Å². The zero-order valence-electron chi connectivity index (χ0n) is 16.2. The van der Waals surface area contributed by atoms with E-state index < -0.39 is 39.9 Å². The first-order valence-corrected chi connectivity index (χ1v) is 11.2. The molecule has 0 saturated carbocycles. The Hall–Kier alpha value is -2.10. The molecule has 2 aromatic rings. The van der Waals surface area contributed by atoms with Gasteiger partial charge in [0.25, 0.3) is 0 Å². The molecule has 0 atom stereocenters. The van der Waals surface area contributed by atoms with E-state index in [0.717, 1.165) is 28.4 Å². The van der Waals surface area contributed by atoms with Crippen molar-refractivity contribution in [3.8, 4) is 0 Å². The van der Waals surface area contributed by atoms with Gasteiger partial charge in [0.2, 0.25) is 15.9 Å². The van der Waals surface area contributed by atoms with Crippen molar-refractivity contribution in [1.82, 2.24) is 4.31 Å². The number of rotatable bonds is 9. The minimum absolute atomic E-state index is 0.00228. The second-order valence-electron chi connectivity index (χ2n) is 6.46. The summed E-state index contributed by atoms with van der Waals surface area (Å²) in [7, 11) is -3.99. The van der Waals surface area contributed by atoms with Gasteiger partial charge in [-0.2, -0.15) is 17.5 Å². The lowest BCUT2D eigenvalue weighted by molar-refractivity contribution is -0.137. The van der Waals surface area contributed by atoms with Crippen LogP contribution in [0.5, 0.6) is 0 Å². The van der Waals surface area contributed by atoms with Crippen molar-refractivity contribution in [3.05, 3.63) is 59.7 Å². The zero-order chi connectivity index (χ0) is 22.4. The monoisotopic (exact) mass is 462 g/mol. The van der Waals surface area contributed by atoms with E-state index in [4.69, 9.17) is 11.6 Å². The van der Waals surface area contributed by atoms with E-state index in [-0.39, 0.29) is 11.4 Å². The number of hydrogen-bond acceptors (Lipinski definition) is 3. The number of anilines is 1. The molecule has 164 valence electrons. The van der Waals surface area contributed by atoms with Crippen molar-refractivity contribution in [3.63, 3.8) is 0 Å². The summed E-state index contributed by atoms with van der Waals surface area (Å²) in [6, 6.07) is 10.8. The smallest absolute Gasteiger partial charge is 0.324 e. The van der Waals surface area contributed by atoms with Gasteiger partial charge < -0.3 is 5.32 Å². The predicted molar refractivity (Wildman–Crippen MR) is 110 cm³/mol. The number of hydrogen-bond donors (Lipinski definition) is 1. The van der Waals surface area contributed by atoms with Crippen LogP contribution < -0.4 is 5.32 Å². The Morgan fingerprint density at radius 3 is 2.30 bits per heavy atom. The zero-order valence-corrected chi connectivity index (χ0v) is 17.8. The number of halogens is 4. The van der Waals surface area contributed by atoms with Gasteiger partial charge in [-0.05, 0) is 42.7 Å². The number of amides is 1. The van der Waals surface area contributed by atoms with E-state index in [1.807, 2.05) is 0 Å². The summed E-state index contributed by atoms with van der Waals surface area (Å²) in [5.74, 6) is -0.369. The van der Waals surface area contributed by atoms with Crippen LogP contribution in [0.3, 0.4) is 0 Å². The largest absolute Gasteiger partial charge is 0.418 e. The lowest BCUT2D eigenvalue weighted by Crippen LogP contribution is -2.38. The number of para-hydroxylation sites is 1. The molecule has 2 aromatic carbocycles. The van der Waals surface area contributed by atoms with Gasteiger partial charge >= 0.3 is 6.18 Å². The quantitative estimate of drug-likeness (QED) is 0.557. The molecule has 0 aliphatic rings. The van der Waals surface area contributed by atoms with Crippen LogP contribution in [0.2, 0.25) is 0 Å². The summed E-state index contributed by atoms with van der Waals surface area (Å²) in [5.41, 5.74) is -0.497. The minimum Gasteiger partial charge on any atom is -0.324 e. The maximum Gasteiger partial charge on any atom is 0.418 e. The molecule has 0 heterocycles. The van der Waals surface area contributed by atoms with Crippen molar-refractivity contribution in [2.24, 2.45) is 0 Å². The maximum absolute atomic E-state index is 13.1. The summed E-state index contributed by atoms with van der Waals surface area (Å²) in [6.45, 7) is 0.910. The number of aryl methyl sites for hydroxylation is 1. The molecule has 1 N–H and O–H groups in total. The van der Waals surface area contributed by atoms with Crippen LogP contribution >= 0.6 is 11.6 Å². The fourth-order valence-electron chi connectivity index (χ4n) is 2.80. The van der Waals surface area contributed by atoms with E-state index in [0.29, 0.717) is 12.3 Å². The van der Waals surface area contributed by atoms with Crippen molar-refractivity contribution >= 4 is 33.2 Å². The van der Waals surface area contributed by atoms with Crippen molar-refractivity contribution < 1.29 is 26.4 Å². The number of carbonyl (C=O) groups excluding carboxylic acids is 1. The highest BCUT2D eigenvalue weighted by molar-refractivity contribution is 7.89. The lowest BCUT2D eigenvalue weighted by atomic mass is 10.1. The van der Waals surface area contributed by atoms with Gasteiger partial charge in [0.15, 0.2) is 0 Å². The Labute approximate surface area is 178 Å². The number of nitrogens with one attached hydrogen (secondary N) is 1. The van der Waals surface area contributed by atoms with E-state index in [1.54, 1.807) is 19.1 Å². The molecule has 30 heavy (non-hydrogen) atoms. The third kappa shape index (κ3) is 6.20. The molecule has 0 radical (unpaired) electrons. The highest BCUT2D eigenvalue weighted by Crippen LogP contribution is 2.34. The van der Waals surface area contributed by atoms with E-state index in [2.05, 4.69) is 5.32 Å². The Morgan fingerprint density at radius 1 is 1.10 bits per heavy atom. The maximum atomic E-state index is 13.1. The van der Waals surface area contributed by atoms with Gasteiger partial charge in [0.1, 0.15) is 0 Å². The molecule has 0 spiro atoms. The van der Waals surface area contributed by atoms with Crippen LogP contribution in [0.1, 0.15) is 24.5 Å². The second kappa shape index (κ2) is 10.3. The molecule has 1 amide bonds. The fourth-order valence-corrected chi connectivity index (χ4v) is 4.34. The number of benzene rings is 2.